The topological polar surface area (TPSA) is 102 Å². The van der Waals surface area contributed by atoms with E-state index in [9.17, 15) is 5.11 Å². The van der Waals surface area contributed by atoms with E-state index in [0.717, 1.165) is 31.6 Å². The van der Waals surface area contributed by atoms with Crippen LogP contribution >= 0.6 is 0 Å². The summed E-state index contributed by atoms with van der Waals surface area (Å²) in [5, 5.41) is 9.78. The van der Waals surface area contributed by atoms with Crippen LogP contribution in [0.15, 0.2) is 41.9 Å². The van der Waals surface area contributed by atoms with E-state index in [1.54, 1.807) is 24.3 Å². The van der Waals surface area contributed by atoms with Gasteiger partial charge in [0.05, 0.1) is 5.70 Å². The van der Waals surface area contributed by atoms with Gasteiger partial charge >= 0.3 is 0 Å². The second kappa shape index (κ2) is 5.56. The quantitative estimate of drug-likeness (QED) is 0.604. The van der Waals surface area contributed by atoms with Crippen LogP contribution in [-0.2, 0) is 0 Å². The van der Waals surface area contributed by atoms with Gasteiger partial charge in [0.15, 0.2) is 0 Å². The van der Waals surface area contributed by atoms with Crippen LogP contribution in [0.3, 0.4) is 0 Å². The van der Waals surface area contributed by atoms with E-state index in [4.69, 9.17) is 17.2 Å². The van der Waals surface area contributed by atoms with Crippen LogP contribution in [0.25, 0.3) is 5.70 Å². The van der Waals surface area contributed by atoms with Gasteiger partial charge in [-0.15, -0.1) is 0 Å². The number of nitrogens with zero attached hydrogens (tertiary/aromatic N) is 1. The number of rotatable bonds is 3. The maximum absolute atomic E-state index is 9.78. The summed E-state index contributed by atoms with van der Waals surface area (Å²) in [7, 11) is 0. The normalized spacial score (nSPS) is 15.6. The number of allylic oxidation sites excluding steroid dienone is 1. The van der Waals surface area contributed by atoms with Gasteiger partial charge in [0.1, 0.15) is 11.6 Å². The van der Waals surface area contributed by atoms with E-state index < -0.39 is 0 Å². The first-order valence-electron chi connectivity index (χ1n) is 6.35. The van der Waals surface area contributed by atoms with Crippen molar-refractivity contribution in [2.75, 3.05) is 13.1 Å². The van der Waals surface area contributed by atoms with Gasteiger partial charge in [-0.1, -0.05) is 12.1 Å². The Labute approximate surface area is 113 Å². The van der Waals surface area contributed by atoms with Crippen molar-refractivity contribution in [3.63, 3.8) is 0 Å². The fourth-order valence-electron chi connectivity index (χ4n) is 2.26. The molecule has 1 aromatic carbocycles. The summed E-state index contributed by atoms with van der Waals surface area (Å²) in [4.78, 5) is 2.11. The lowest BCUT2D eigenvalue weighted by atomic mass is 10.1. The number of nitrogens with two attached hydrogens (primary N) is 3. The third-order valence-corrected chi connectivity index (χ3v) is 3.25. The van der Waals surface area contributed by atoms with Crippen LogP contribution in [0.5, 0.6) is 5.75 Å². The Morgan fingerprint density at radius 1 is 1.11 bits per heavy atom. The predicted octanol–water partition coefficient (Wildman–Crippen LogP) is 0.874. The number of likely N-dealkylation sites (tertiary alicyclic amines) is 1. The maximum Gasteiger partial charge on any atom is 0.124 e. The molecule has 0 atom stereocenters. The number of phenols is 1. The summed E-state index contributed by atoms with van der Waals surface area (Å²) >= 11 is 0. The average Bonchev–Trinajstić information content (AvgIpc) is 2.89. The molecule has 7 N–H and O–H groups in total. The van der Waals surface area contributed by atoms with E-state index in [-0.39, 0.29) is 11.6 Å². The zero-order valence-electron chi connectivity index (χ0n) is 10.8. The second-order valence-corrected chi connectivity index (χ2v) is 4.65. The van der Waals surface area contributed by atoms with Gasteiger partial charge in [0.2, 0.25) is 0 Å². The van der Waals surface area contributed by atoms with Gasteiger partial charge in [-0.25, -0.2) is 0 Å². The van der Waals surface area contributed by atoms with Gasteiger partial charge in [0, 0.05) is 24.4 Å². The van der Waals surface area contributed by atoms with Gasteiger partial charge in [-0.05, 0) is 31.1 Å². The summed E-state index contributed by atoms with van der Waals surface area (Å²) in [5.41, 5.74) is 19.3. The number of aromatic hydroxyl groups is 1. The Balaban J connectivity index is 2.32. The van der Waals surface area contributed by atoms with Crippen LogP contribution in [0.2, 0.25) is 0 Å². The zero-order chi connectivity index (χ0) is 13.8. The van der Waals surface area contributed by atoms with Gasteiger partial charge < -0.3 is 27.2 Å². The van der Waals surface area contributed by atoms with Crippen molar-refractivity contribution >= 4 is 5.70 Å². The molecule has 2 rings (SSSR count). The lowest BCUT2D eigenvalue weighted by Crippen LogP contribution is -2.25. The van der Waals surface area contributed by atoms with Gasteiger partial charge in [-0.3, -0.25) is 0 Å². The Bertz CT molecular complexity index is 512. The highest BCUT2D eigenvalue weighted by Gasteiger charge is 2.16. The number of hydrogen-bond acceptors (Lipinski definition) is 5. The fraction of sp³-hybridized carbons (Fsp3) is 0.286. The number of para-hydroxylation sites is 1. The largest absolute Gasteiger partial charge is 0.507 e. The van der Waals surface area contributed by atoms with Crippen LogP contribution in [-0.4, -0.2) is 23.1 Å². The highest BCUT2D eigenvalue weighted by atomic mass is 16.3. The highest BCUT2D eigenvalue weighted by molar-refractivity contribution is 5.69. The lowest BCUT2D eigenvalue weighted by Gasteiger charge is -2.20. The van der Waals surface area contributed by atoms with Crippen LogP contribution in [0.1, 0.15) is 18.4 Å². The van der Waals surface area contributed by atoms with E-state index in [1.807, 2.05) is 6.07 Å². The van der Waals surface area contributed by atoms with Crippen molar-refractivity contribution < 1.29 is 5.11 Å². The Kier molecular flexibility index (Phi) is 3.85. The minimum Gasteiger partial charge on any atom is -0.507 e. The molecular weight excluding hydrogens is 240 g/mol. The molecule has 0 bridgehead atoms. The summed E-state index contributed by atoms with van der Waals surface area (Å²) in [6, 6.07) is 6.93. The molecule has 102 valence electrons. The molecule has 19 heavy (non-hydrogen) atoms. The van der Waals surface area contributed by atoms with Crippen molar-refractivity contribution in [3.8, 4) is 5.75 Å². The highest BCUT2D eigenvalue weighted by Crippen LogP contribution is 2.24. The Hall–Kier alpha value is -2.30. The molecule has 1 fully saturated rings. The van der Waals surface area contributed by atoms with E-state index >= 15 is 0 Å². The van der Waals surface area contributed by atoms with Crippen LogP contribution in [0.4, 0.5) is 0 Å². The predicted molar refractivity (Wildman–Crippen MR) is 76.5 cm³/mol. The molecule has 1 aliphatic heterocycles. The monoisotopic (exact) mass is 260 g/mol. The molecule has 0 unspecified atom stereocenters. The first-order chi connectivity index (χ1) is 9.09. The molecule has 1 saturated heterocycles. The summed E-state index contributed by atoms with van der Waals surface area (Å²) in [6.45, 7) is 1.86. The Morgan fingerprint density at radius 3 is 2.32 bits per heavy atom. The van der Waals surface area contributed by atoms with Crippen molar-refractivity contribution in [2.24, 2.45) is 17.2 Å². The number of hydrogen-bond donors (Lipinski definition) is 4. The zero-order valence-corrected chi connectivity index (χ0v) is 10.8. The van der Waals surface area contributed by atoms with Crippen molar-refractivity contribution in [1.82, 2.24) is 4.90 Å². The molecule has 5 nitrogen and oxygen atoms in total. The third-order valence-electron chi connectivity index (χ3n) is 3.25. The van der Waals surface area contributed by atoms with Crippen LogP contribution in [0, 0.1) is 0 Å². The summed E-state index contributed by atoms with van der Waals surface area (Å²) in [5.74, 6) is 0.396. The van der Waals surface area contributed by atoms with E-state index in [2.05, 4.69) is 4.90 Å². The lowest BCUT2D eigenvalue weighted by molar-refractivity contribution is 0.434. The van der Waals surface area contributed by atoms with Crippen molar-refractivity contribution in [2.45, 2.75) is 12.8 Å². The molecule has 1 heterocycles. The molecule has 0 spiro atoms. The van der Waals surface area contributed by atoms with Crippen LogP contribution < -0.4 is 17.2 Å². The maximum atomic E-state index is 9.78. The fourth-order valence-corrected chi connectivity index (χ4v) is 2.26. The Morgan fingerprint density at radius 2 is 1.74 bits per heavy atom. The first-order valence-corrected chi connectivity index (χ1v) is 6.35. The van der Waals surface area contributed by atoms with E-state index in [0.29, 0.717) is 11.3 Å². The van der Waals surface area contributed by atoms with Crippen molar-refractivity contribution in [3.05, 3.63) is 47.4 Å². The van der Waals surface area contributed by atoms with Gasteiger partial charge in [0.25, 0.3) is 0 Å². The molecule has 1 aromatic rings. The standard InChI is InChI=1S/C14H20N4O/c15-11(10-5-1-2-6-13(10)19)9-12(14(16)17)18-7-3-4-8-18/h1-2,5-6,9,19H,3-4,7-8,15-17H2/b11-9-. The molecule has 0 saturated carbocycles. The summed E-state index contributed by atoms with van der Waals surface area (Å²) in [6.07, 6.45) is 3.98. The third kappa shape index (κ3) is 2.93. The number of phenolic OH excluding ortho intramolecular Hbond substituents is 1. The number of benzene rings is 1. The molecule has 5 heteroatoms. The molecule has 1 aliphatic rings. The summed E-state index contributed by atoms with van der Waals surface area (Å²) < 4.78 is 0. The second-order valence-electron chi connectivity index (χ2n) is 4.65. The minimum atomic E-state index is 0.146. The molecule has 0 aliphatic carbocycles. The first kappa shape index (κ1) is 13.1. The molecule has 0 radical (unpaired) electrons. The molecule has 0 amide bonds. The van der Waals surface area contributed by atoms with Crippen molar-refractivity contribution in [1.29, 1.82) is 0 Å². The molecule has 0 aromatic heterocycles. The SMILES string of the molecule is NC(N)=C(/C=C(\N)c1ccccc1O)N1CCCC1. The van der Waals surface area contributed by atoms with Gasteiger partial charge in [-0.2, -0.15) is 0 Å². The minimum absolute atomic E-state index is 0.146. The smallest absolute Gasteiger partial charge is 0.124 e. The average molecular weight is 260 g/mol. The molecular formula is C14H20N4O. The van der Waals surface area contributed by atoms with E-state index in [1.165, 1.54) is 0 Å².